The number of hydrogen-bond acceptors (Lipinski definition) is 6. The van der Waals surface area contributed by atoms with E-state index >= 15 is 0 Å². The molecule has 1 unspecified atom stereocenters. The first-order chi connectivity index (χ1) is 17.1. The van der Waals surface area contributed by atoms with Crippen LogP contribution >= 0.6 is 11.8 Å². The Morgan fingerprint density at radius 1 is 1.03 bits per heavy atom. The first-order valence-electron chi connectivity index (χ1n) is 12.3. The van der Waals surface area contributed by atoms with Gasteiger partial charge in [-0.15, -0.1) is 10.2 Å². The third kappa shape index (κ3) is 5.12. The lowest BCUT2D eigenvalue weighted by atomic mass is 9.95. The van der Waals surface area contributed by atoms with Crippen LogP contribution in [0.15, 0.2) is 64.9 Å². The van der Waals surface area contributed by atoms with Gasteiger partial charge in [-0.1, -0.05) is 73.5 Å². The van der Waals surface area contributed by atoms with Crippen molar-refractivity contribution in [2.45, 2.75) is 62.7 Å². The van der Waals surface area contributed by atoms with Crippen molar-refractivity contribution in [3.63, 3.8) is 0 Å². The van der Waals surface area contributed by atoms with Crippen LogP contribution in [0.1, 0.15) is 67.6 Å². The van der Waals surface area contributed by atoms with Crippen LogP contribution in [0.4, 0.5) is 0 Å². The summed E-state index contributed by atoms with van der Waals surface area (Å²) in [5, 5.41) is 16.0. The maximum absolute atomic E-state index is 13.5. The molecule has 35 heavy (non-hydrogen) atoms. The molecule has 7 nitrogen and oxygen atoms in total. The number of aromatic nitrogens is 3. The Labute approximate surface area is 210 Å². The molecule has 2 aliphatic rings. The van der Waals surface area contributed by atoms with Gasteiger partial charge in [-0.05, 0) is 43.0 Å². The van der Waals surface area contributed by atoms with E-state index < -0.39 is 0 Å². The van der Waals surface area contributed by atoms with Gasteiger partial charge in [-0.3, -0.25) is 4.79 Å². The van der Waals surface area contributed by atoms with E-state index in [0.717, 1.165) is 46.4 Å². The molecule has 1 aromatic heterocycles. The minimum absolute atomic E-state index is 0.0300. The molecule has 1 saturated carbocycles. The Balaban J connectivity index is 1.36. The highest BCUT2D eigenvalue weighted by Gasteiger charge is 2.33. The summed E-state index contributed by atoms with van der Waals surface area (Å²) in [4.78, 5) is 13.5. The van der Waals surface area contributed by atoms with Crippen LogP contribution in [0.25, 0.3) is 0 Å². The van der Waals surface area contributed by atoms with Crippen LogP contribution in [0.2, 0.25) is 0 Å². The second-order valence-corrected chi connectivity index (χ2v) is 10.1. The average molecular weight is 490 g/mol. The molecule has 1 amide bonds. The van der Waals surface area contributed by atoms with Gasteiger partial charge in [-0.2, -0.15) is 5.10 Å². The molecule has 0 spiro atoms. The lowest BCUT2D eigenvalue weighted by Crippen LogP contribution is -2.28. The van der Waals surface area contributed by atoms with E-state index in [0.29, 0.717) is 12.5 Å². The van der Waals surface area contributed by atoms with Gasteiger partial charge in [0.1, 0.15) is 11.6 Å². The van der Waals surface area contributed by atoms with Gasteiger partial charge >= 0.3 is 0 Å². The quantitative estimate of drug-likeness (QED) is 0.406. The molecular weight excluding hydrogens is 458 g/mol. The number of carbonyl (C=O) groups is 1. The molecule has 0 saturated heterocycles. The number of hydrogen-bond donors (Lipinski definition) is 0. The predicted molar refractivity (Wildman–Crippen MR) is 138 cm³/mol. The van der Waals surface area contributed by atoms with Gasteiger partial charge in [0.2, 0.25) is 0 Å². The second kappa shape index (κ2) is 10.6. The van der Waals surface area contributed by atoms with Crippen LogP contribution in [0, 0.1) is 6.92 Å². The Hall–Kier alpha value is -3.13. The molecule has 1 atom stereocenters. The van der Waals surface area contributed by atoms with E-state index in [-0.39, 0.29) is 17.7 Å². The summed E-state index contributed by atoms with van der Waals surface area (Å²) < 4.78 is 7.56. The summed E-state index contributed by atoms with van der Waals surface area (Å²) in [5.74, 6) is 1.95. The van der Waals surface area contributed by atoms with Crippen molar-refractivity contribution in [3.05, 3.63) is 71.5 Å². The monoisotopic (exact) mass is 489 g/mol. The van der Waals surface area contributed by atoms with Gasteiger partial charge in [0.15, 0.2) is 5.16 Å². The fraction of sp³-hybridized carbons (Fsp3) is 0.407. The lowest BCUT2D eigenvalue weighted by Gasteiger charge is -2.25. The largest absolute Gasteiger partial charge is 0.497 e. The van der Waals surface area contributed by atoms with Gasteiger partial charge < -0.3 is 9.30 Å². The minimum Gasteiger partial charge on any atom is -0.497 e. The number of rotatable bonds is 7. The van der Waals surface area contributed by atoms with Crippen molar-refractivity contribution >= 4 is 23.4 Å². The van der Waals surface area contributed by atoms with E-state index in [2.05, 4.69) is 14.8 Å². The number of nitrogens with zero attached hydrogens (tertiary/aromatic N) is 5. The molecule has 0 bridgehead atoms. The van der Waals surface area contributed by atoms with Crippen LogP contribution < -0.4 is 4.74 Å². The Morgan fingerprint density at radius 2 is 1.77 bits per heavy atom. The lowest BCUT2D eigenvalue weighted by molar-refractivity contribution is -0.130. The summed E-state index contributed by atoms with van der Waals surface area (Å²) in [7, 11) is 1.65. The van der Waals surface area contributed by atoms with Crippen LogP contribution in [-0.2, 0) is 4.79 Å². The molecule has 5 rings (SSSR count). The first kappa shape index (κ1) is 23.6. The third-order valence-electron chi connectivity index (χ3n) is 6.87. The van der Waals surface area contributed by atoms with E-state index in [1.54, 1.807) is 12.1 Å². The Bertz CT molecular complexity index is 1190. The maximum Gasteiger partial charge on any atom is 0.253 e. The molecule has 182 valence electrons. The molecule has 0 radical (unpaired) electrons. The normalized spacial score (nSPS) is 18.5. The summed E-state index contributed by atoms with van der Waals surface area (Å²) in [6.45, 7) is 2.00. The van der Waals surface area contributed by atoms with E-state index in [9.17, 15) is 4.79 Å². The van der Waals surface area contributed by atoms with E-state index in [1.165, 1.54) is 31.0 Å². The maximum atomic E-state index is 13.5. The smallest absolute Gasteiger partial charge is 0.253 e. The van der Waals surface area contributed by atoms with E-state index in [1.807, 2.05) is 61.5 Å². The number of carbonyl (C=O) groups excluding carboxylic acids is 1. The predicted octanol–water partition coefficient (Wildman–Crippen LogP) is 5.57. The van der Waals surface area contributed by atoms with Crippen LogP contribution in [0.5, 0.6) is 5.75 Å². The number of amides is 1. The van der Waals surface area contributed by atoms with Gasteiger partial charge in [-0.25, -0.2) is 5.01 Å². The molecule has 2 aromatic carbocycles. The zero-order chi connectivity index (χ0) is 24.2. The van der Waals surface area contributed by atoms with Crippen molar-refractivity contribution in [2.24, 2.45) is 5.10 Å². The Kier molecular flexibility index (Phi) is 7.18. The Morgan fingerprint density at radius 3 is 2.49 bits per heavy atom. The summed E-state index contributed by atoms with van der Waals surface area (Å²) in [5.41, 5.74) is 3.01. The highest BCUT2D eigenvalue weighted by atomic mass is 32.2. The van der Waals surface area contributed by atoms with Crippen LogP contribution in [-0.4, -0.2) is 44.3 Å². The number of thioether (sulfide) groups is 1. The van der Waals surface area contributed by atoms with Crippen LogP contribution in [0.3, 0.4) is 0 Å². The third-order valence-corrected chi connectivity index (χ3v) is 7.80. The van der Waals surface area contributed by atoms with Crippen molar-refractivity contribution in [2.75, 3.05) is 12.9 Å². The van der Waals surface area contributed by atoms with Crippen molar-refractivity contribution in [3.8, 4) is 5.75 Å². The van der Waals surface area contributed by atoms with E-state index in [4.69, 9.17) is 9.84 Å². The van der Waals surface area contributed by atoms with Gasteiger partial charge in [0.05, 0.1) is 24.6 Å². The van der Waals surface area contributed by atoms with Gasteiger partial charge in [0, 0.05) is 12.5 Å². The summed E-state index contributed by atoms with van der Waals surface area (Å²) in [6.07, 6.45) is 6.74. The molecule has 2 heterocycles. The second-order valence-electron chi connectivity index (χ2n) is 9.12. The molecule has 1 aliphatic heterocycles. The number of aryl methyl sites for hydroxylation is 1. The summed E-state index contributed by atoms with van der Waals surface area (Å²) in [6, 6.07) is 18.3. The van der Waals surface area contributed by atoms with Gasteiger partial charge in [0.25, 0.3) is 5.91 Å². The fourth-order valence-electron chi connectivity index (χ4n) is 5.03. The number of benzene rings is 2. The number of hydrazone groups is 1. The first-order valence-corrected chi connectivity index (χ1v) is 13.3. The zero-order valence-electron chi connectivity index (χ0n) is 20.3. The minimum atomic E-state index is -0.151. The van der Waals surface area contributed by atoms with Crippen molar-refractivity contribution in [1.82, 2.24) is 19.8 Å². The standard InChI is InChI=1S/C27H31N5O2S/c1-19-28-29-27(31(19)22-11-7-4-8-12-22)35-18-26(33)32-25(21-13-15-23(34-2)16-14-21)17-24(30-32)20-9-5-3-6-10-20/h3,5-6,9-10,13-16,22,25H,4,7-8,11-12,17-18H2,1-2H3. The summed E-state index contributed by atoms with van der Waals surface area (Å²) >= 11 is 1.47. The SMILES string of the molecule is COc1ccc(C2CC(c3ccccc3)=NN2C(=O)CSc2nnc(C)n2C2CCCCC2)cc1. The zero-order valence-corrected chi connectivity index (χ0v) is 21.1. The number of ether oxygens (including phenoxy) is 1. The molecule has 1 fully saturated rings. The highest BCUT2D eigenvalue weighted by Crippen LogP contribution is 2.36. The molecule has 1 aliphatic carbocycles. The van der Waals surface area contributed by atoms with Crippen molar-refractivity contribution < 1.29 is 9.53 Å². The topological polar surface area (TPSA) is 72.6 Å². The number of methoxy groups -OCH3 is 1. The average Bonchev–Trinajstić information content (AvgIpc) is 3.52. The highest BCUT2D eigenvalue weighted by molar-refractivity contribution is 7.99. The molecule has 3 aromatic rings. The molecular formula is C27H31N5O2S. The van der Waals surface area contributed by atoms with Crippen molar-refractivity contribution in [1.29, 1.82) is 0 Å². The molecule has 0 N–H and O–H groups in total. The molecule has 8 heteroatoms. The fourth-order valence-corrected chi connectivity index (χ4v) is 5.94.